The van der Waals surface area contributed by atoms with E-state index in [4.69, 9.17) is 39.5 Å². The fourth-order valence-corrected chi connectivity index (χ4v) is 2.30. The summed E-state index contributed by atoms with van der Waals surface area (Å²) in [6.45, 7) is 0.145. The van der Waals surface area contributed by atoms with Gasteiger partial charge in [-0.25, -0.2) is 0 Å². The molecule has 0 spiro atoms. The molecule has 0 aliphatic heterocycles. The van der Waals surface area contributed by atoms with Gasteiger partial charge in [0.25, 0.3) is 5.69 Å². The van der Waals surface area contributed by atoms with Crippen LogP contribution in [0.15, 0.2) is 36.4 Å². The molecule has 2 aromatic rings. The Bertz CT molecular complexity index is 641. The molecule has 104 valence electrons. The average Bonchev–Trinajstić information content (AvgIpc) is 2.37. The Balaban J connectivity index is 2.16. The SMILES string of the molecule is O=[N+]([O-])c1ccc(OCc2c(Cl)cccc2Cl)cc1Cl. The van der Waals surface area contributed by atoms with E-state index in [9.17, 15) is 10.1 Å². The summed E-state index contributed by atoms with van der Waals surface area (Å²) in [5.41, 5.74) is 0.472. The summed E-state index contributed by atoms with van der Waals surface area (Å²) in [6.07, 6.45) is 0. The Morgan fingerprint density at radius 3 is 2.25 bits per heavy atom. The van der Waals surface area contributed by atoms with Crippen LogP contribution in [0.3, 0.4) is 0 Å². The van der Waals surface area contributed by atoms with Crippen molar-refractivity contribution < 1.29 is 9.66 Å². The van der Waals surface area contributed by atoms with E-state index < -0.39 is 4.92 Å². The third-order valence-corrected chi connectivity index (χ3v) is 3.57. The van der Waals surface area contributed by atoms with E-state index in [-0.39, 0.29) is 17.3 Å². The first-order valence-electron chi connectivity index (χ1n) is 5.48. The minimum absolute atomic E-state index is 0.0118. The quantitative estimate of drug-likeness (QED) is 0.576. The van der Waals surface area contributed by atoms with Crippen LogP contribution in [-0.2, 0) is 6.61 Å². The summed E-state index contributed by atoms with van der Waals surface area (Å²) in [6, 6.07) is 9.27. The van der Waals surface area contributed by atoms with Crippen LogP contribution < -0.4 is 4.74 Å². The van der Waals surface area contributed by atoms with Gasteiger partial charge >= 0.3 is 0 Å². The lowest BCUT2D eigenvalue weighted by atomic mass is 10.2. The van der Waals surface area contributed by atoms with Crippen molar-refractivity contribution >= 4 is 40.5 Å². The van der Waals surface area contributed by atoms with Gasteiger partial charge in [-0.3, -0.25) is 10.1 Å². The maximum absolute atomic E-state index is 10.6. The van der Waals surface area contributed by atoms with Gasteiger partial charge in [-0.2, -0.15) is 0 Å². The van der Waals surface area contributed by atoms with Gasteiger partial charge in [0.2, 0.25) is 0 Å². The van der Waals surface area contributed by atoms with Crippen molar-refractivity contribution in [1.82, 2.24) is 0 Å². The summed E-state index contributed by atoms with van der Waals surface area (Å²) in [7, 11) is 0. The summed E-state index contributed by atoms with van der Waals surface area (Å²) in [5, 5.41) is 11.6. The number of hydrogen-bond acceptors (Lipinski definition) is 3. The summed E-state index contributed by atoms with van der Waals surface area (Å²) in [5.74, 6) is 0.400. The largest absolute Gasteiger partial charge is 0.489 e. The highest BCUT2D eigenvalue weighted by atomic mass is 35.5. The molecule has 0 saturated carbocycles. The molecule has 0 N–H and O–H groups in total. The first-order valence-corrected chi connectivity index (χ1v) is 6.62. The first-order chi connectivity index (χ1) is 9.49. The molecule has 0 aliphatic rings. The predicted molar refractivity (Wildman–Crippen MR) is 78.9 cm³/mol. The molecule has 0 saturated heterocycles. The second kappa shape index (κ2) is 6.31. The number of nitro groups is 1. The van der Waals surface area contributed by atoms with E-state index >= 15 is 0 Å². The molecule has 0 amide bonds. The fraction of sp³-hybridized carbons (Fsp3) is 0.0769. The lowest BCUT2D eigenvalue weighted by molar-refractivity contribution is -0.384. The monoisotopic (exact) mass is 331 g/mol. The molecule has 0 atom stereocenters. The molecule has 7 heteroatoms. The van der Waals surface area contributed by atoms with E-state index in [1.165, 1.54) is 18.2 Å². The van der Waals surface area contributed by atoms with Crippen molar-refractivity contribution in [1.29, 1.82) is 0 Å². The summed E-state index contributed by atoms with van der Waals surface area (Å²) >= 11 is 17.8. The van der Waals surface area contributed by atoms with E-state index in [2.05, 4.69) is 0 Å². The van der Waals surface area contributed by atoms with Crippen molar-refractivity contribution in [3.05, 3.63) is 67.1 Å². The topological polar surface area (TPSA) is 52.4 Å². The molecule has 0 fully saturated rings. The molecule has 0 heterocycles. The van der Waals surface area contributed by atoms with Crippen LogP contribution in [0.5, 0.6) is 5.75 Å². The van der Waals surface area contributed by atoms with E-state index in [1.807, 2.05) is 0 Å². The van der Waals surface area contributed by atoms with Crippen molar-refractivity contribution in [2.45, 2.75) is 6.61 Å². The highest BCUT2D eigenvalue weighted by molar-refractivity contribution is 6.36. The van der Waals surface area contributed by atoms with Crippen LogP contribution in [0.25, 0.3) is 0 Å². The number of ether oxygens (including phenoxy) is 1. The second-order valence-electron chi connectivity index (χ2n) is 3.86. The summed E-state index contributed by atoms with van der Waals surface area (Å²) < 4.78 is 5.49. The third-order valence-electron chi connectivity index (χ3n) is 2.56. The number of nitro benzene ring substituents is 1. The normalized spacial score (nSPS) is 10.3. The Hall–Kier alpha value is -1.49. The van der Waals surface area contributed by atoms with Crippen LogP contribution in [0.1, 0.15) is 5.56 Å². The molecule has 0 bridgehead atoms. The molecule has 4 nitrogen and oxygen atoms in total. The molecule has 2 aromatic carbocycles. The molecule has 0 radical (unpaired) electrons. The number of halogens is 3. The number of hydrogen-bond donors (Lipinski definition) is 0. The molecule has 0 unspecified atom stereocenters. The van der Waals surface area contributed by atoms with Gasteiger partial charge in [0.1, 0.15) is 17.4 Å². The zero-order chi connectivity index (χ0) is 14.7. The predicted octanol–water partition coefficient (Wildman–Crippen LogP) is 5.13. The number of benzene rings is 2. The number of nitrogens with zero attached hydrogens (tertiary/aromatic N) is 1. The molecule has 20 heavy (non-hydrogen) atoms. The highest BCUT2D eigenvalue weighted by Crippen LogP contribution is 2.30. The Kier molecular flexibility index (Phi) is 4.70. The smallest absolute Gasteiger partial charge is 0.288 e. The van der Waals surface area contributed by atoms with E-state index in [0.717, 1.165) is 0 Å². The minimum Gasteiger partial charge on any atom is -0.489 e. The summed E-state index contributed by atoms with van der Waals surface area (Å²) in [4.78, 5) is 10.1. The van der Waals surface area contributed by atoms with Gasteiger partial charge in [-0.05, 0) is 18.2 Å². The van der Waals surface area contributed by atoms with Gasteiger partial charge in [0.15, 0.2) is 0 Å². The van der Waals surface area contributed by atoms with Crippen LogP contribution in [-0.4, -0.2) is 4.92 Å². The zero-order valence-corrected chi connectivity index (χ0v) is 12.2. The Labute approximate surface area is 130 Å². The van der Waals surface area contributed by atoms with E-state index in [1.54, 1.807) is 18.2 Å². The molecular formula is C13H8Cl3NO3. The van der Waals surface area contributed by atoms with E-state index in [0.29, 0.717) is 21.4 Å². The maximum Gasteiger partial charge on any atom is 0.288 e. The molecule has 0 aromatic heterocycles. The lowest BCUT2D eigenvalue weighted by Gasteiger charge is -2.09. The van der Waals surface area contributed by atoms with Gasteiger partial charge in [0.05, 0.1) is 4.92 Å². The van der Waals surface area contributed by atoms with Crippen molar-refractivity contribution in [3.63, 3.8) is 0 Å². The standard InChI is InChI=1S/C13H8Cl3NO3/c14-10-2-1-3-11(15)9(10)7-20-8-4-5-13(17(18)19)12(16)6-8/h1-6H,7H2. The van der Waals surface area contributed by atoms with Crippen LogP contribution in [0.4, 0.5) is 5.69 Å². The van der Waals surface area contributed by atoms with Gasteiger partial charge in [-0.15, -0.1) is 0 Å². The molecule has 2 rings (SSSR count). The van der Waals surface area contributed by atoms with Crippen molar-refractivity contribution in [2.75, 3.05) is 0 Å². The maximum atomic E-state index is 10.6. The van der Waals surface area contributed by atoms with Crippen LogP contribution >= 0.6 is 34.8 Å². The Morgan fingerprint density at radius 1 is 1.05 bits per heavy atom. The second-order valence-corrected chi connectivity index (χ2v) is 5.08. The minimum atomic E-state index is -0.558. The van der Waals surface area contributed by atoms with Gasteiger partial charge in [-0.1, -0.05) is 40.9 Å². The van der Waals surface area contributed by atoms with Gasteiger partial charge < -0.3 is 4.74 Å². The van der Waals surface area contributed by atoms with Gasteiger partial charge in [0, 0.05) is 27.7 Å². The molecular weight excluding hydrogens is 325 g/mol. The van der Waals surface area contributed by atoms with Crippen molar-refractivity contribution in [3.8, 4) is 5.75 Å². The van der Waals surface area contributed by atoms with Crippen LogP contribution in [0, 0.1) is 10.1 Å². The highest BCUT2D eigenvalue weighted by Gasteiger charge is 2.13. The van der Waals surface area contributed by atoms with Crippen molar-refractivity contribution in [2.24, 2.45) is 0 Å². The third kappa shape index (κ3) is 3.33. The van der Waals surface area contributed by atoms with Crippen LogP contribution in [0.2, 0.25) is 15.1 Å². The first kappa shape index (κ1) is 14.9. The molecule has 0 aliphatic carbocycles. The fourth-order valence-electron chi connectivity index (χ4n) is 1.55. The zero-order valence-electron chi connectivity index (χ0n) is 9.98. The average molecular weight is 333 g/mol. The lowest BCUT2D eigenvalue weighted by Crippen LogP contribution is -1.98. The number of rotatable bonds is 4. The Morgan fingerprint density at radius 2 is 1.70 bits per heavy atom.